The second-order valence-corrected chi connectivity index (χ2v) is 6.43. The molecule has 0 aliphatic rings. The third-order valence-electron chi connectivity index (χ3n) is 2.54. The minimum atomic E-state index is -0.995. The van der Waals surface area contributed by atoms with Crippen LogP contribution in [-0.4, -0.2) is 0 Å². The molecule has 0 spiro atoms. The normalized spacial score (nSPS) is 12.5. The van der Waals surface area contributed by atoms with Gasteiger partial charge in [0, 0.05) is 14.0 Å². The first-order valence-corrected chi connectivity index (χ1v) is 7.53. The first kappa shape index (κ1) is 15.2. The zero-order valence-corrected chi connectivity index (χ0v) is 13.9. The van der Waals surface area contributed by atoms with Crippen molar-refractivity contribution in [3.8, 4) is 0 Å². The Morgan fingerprint density at radius 1 is 0.947 bits per heavy atom. The highest BCUT2D eigenvalue weighted by Crippen LogP contribution is 2.39. The summed E-state index contributed by atoms with van der Waals surface area (Å²) < 4.78 is 27.9. The van der Waals surface area contributed by atoms with E-state index in [0.717, 1.165) is 21.1 Å². The van der Waals surface area contributed by atoms with Gasteiger partial charge >= 0.3 is 0 Å². The van der Waals surface area contributed by atoms with E-state index in [1.807, 2.05) is 12.1 Å². The molecule has 0 aliphatic heterocycles. The highest BCUT2D eigenvalue weighted by atomic mass is 79.9. The summed E-state index contributed by atoms with van der Waals surface area (Å²) in [6.07, 6.45) is 0. The van der Waals surface area contributed by atoms with E-state index in [1.165, 1.54) is 0 Å². The van der Waals surface area contributed by atoms with Gasteiger partial charge in [-0.25, -0.2) is 8.78 Å². The molecule has 0 amide bonds. The van der Waals surface area contributed by atoms with Gasteiger partial charge in [0.1, 0.15) is 0 Å². The van der Waals surface area contributed by atoms with Gasteiger partial charge in [-0.15, -0.1) is 11.6 Å². The van der Waals surface area contributed by atoms with Crippen LogP contribution in [0.3, 0.4) is 0 Å². The van der Waals surface area contributed by atoms with Crippen molar-refractivity contribution in [3.05, 3.63) is 67.1 Å². The summed E-state index contributed by atoms with van der Waals surface area (Å²) in [5.74, 6) is -1.97. The fraction of sp³-hybridized carbons (Fsp3) is 0.0769. The van der Waals surface area contributed by atoms with Crippen LogP contribution in [0.1, 0.15) is 16.5 Å². The summed E-state index contributed by atoms with van der Waals surface area (Å²) >= 11 is 18.9. The van der Waals surface area contributed by atoms with Gasteiger partial charge in [0.25, 0.3) is 0 Å². The Morgan fingerprint density at radius 3 is 2.26 bits per heavy atom. The molecule has 0 radical (unpaired) electrons. The monoisotopic (exact) mass is 428 g/mol. The van der Waals surface area contributed by atoms with Crippen LogP contribution in [0.2, 0.25) is 5.02 Å². The van der Waals surface area contributed by atoms with Crippen molar-refractivity contribution >= 4 is 55.1 Å². The average molecular weight is 431 g/mol. The second-order valence-electron chi connectivity index (χ2n) is 3.82. The van der Waals surface area contributed by atoms with E-state index in [-0.39, 0.29) is 5.02 Å². The van der Waals surface area contributed by atoms with Gasteiger partial charge in [-0.05, 0) is 41.5 Å². The Bertz CT molecular complexity index is 632. The largest absolute Gasteiger partial charge is 0.204 e. The molecule has 0 aromatic heterocycles. The van der Waals surface area contributed by atoms with Crippen molar-refractivity contribution < 1.29 is 8.78 Å². The predicted molar refractivity (Wildman–Crippen MR) is 80.9 cm³/mol. The van der Waals surface area contributed by atoms with E-state index in [2.05, 4.69) is 31.9 Å². The van der Waals surface area contributed by atoms with Crippen molar-refractivity contribution in [2.24, 2.45) is 0 Å². The van der Waals surface area contributed by atoms with Gasteiger partial charge in [-0.2, -0.15) is 0 Å². The Labute approximate surface area is 136 Å². The fourth-order valence-corrected chi connectivity index (χ4v) is 3.27. The summed E-state index contributed by atoms with van der Waals surface area (Å²) in [5, 5.41) is -0.597. The molecule has 0 saturated carbocycles. The molecule has 19 heavy (non-hydrogen) atoms. The fourth-order valence-electron chi connectivity index (χ4n) is 1.61. The number of hydrogen-bond donors (Lipinski definition) is 0. The van der Waals surface area contributed by atoms with Crippen molar-refractivity contribution in [1.29, 1.82) is 0 Å². The van der Waals surface area contributed by atoms with E-state index >= 15 is 0 Å². The van der Waals surface area contributed by atoms with Crippen LogP contribution in [0.15, 0.2) is 39.3 Å². The molecule has 2 rings (SSSR count). The molecule has 0 saturated heterocycles. The van der Waals surface area contributed by atoms with E-state index in [0.29, 0.717) is 11.1 Å². The number of rotatable bonds is 2. The smallest absolute Gasteiger partial charge is 0.160 e. The maximum absolute atomic E-state index is 13.3. The molecule has 0 N–H and O–H groups in total. The Hall–Kier alpha value is -0.160. The van der Waals surface area contributed by atoms with Gasteiger partial charge in [-0.3, -0.25) is 0 Å². The van der Waals surface area contributed by atoms with Crippen molar-refractivity contribution in [1.82, 2.24) is 0 Å². The topological polar surface area (TPSA) is 0 Å². The molecular formula is C13H6Br2Cl2F2. The molecule has 0 nitrogen and oxygen atoms in total. The highest BCUT2D eigenvalue weighted by molar-refractivity contribution is 9.11. The van der Waals surface area contributed by atoms with E-state index in [1.54, 1.807) is 6.07 Å². The van der Waals surface area contributed by atoms with Crippen LogP contribution < -0.4 is 0 Å². The van der Waals surface area contributed by atoms with Gasteiger partial charge in [0.05, 0.1) is 5.38 Å². The van der Waals surface area contributed by atoms with Crippen LogP contribution in [0.5, 0.6) is 0 Å². The summed E-state index contributed by atoms with van der Waals surface area (Å²) in [6.45, 7) is 0. The quantitative estimate of drug-likeness (QED) is 0.378. The molecule has 1 atom stereocenters. The highest BCUT2D eigenvalue weighted by Gasteiger charge is 2.19. The Balaban J connectivity index is 2.52. The minimum Gasteiger partial charge on any atom is -0.204 e. The molecule has 2 aromatic carbocycles. The van der Waals surface area contributed by atoms with Gasteiger partial charge in [-0.1, -0.05) is 43.5 Å². The molecule has 100 valence electrons. The Morgan fingerprint density at radius 2 is 1.58 bits per heavy atom. The Kier molecular flexibility index (Phi) is 4.88. The maximum atomic E-state index is 13.3. The molecule has 6 heteroatoms. The third kappa shape index (κ3) is 3.30. The minimum absolute atomic E-state index is 0.0887. The molecular weight excluding hydrogens is 425 g/mol. The summed E-state index contributed by atoms with van der Waals surface area (Å²) in [6, 6.07) is 7.38. The van der Waals surface area contributed by atoms with E-state index in [9.17, 15) is 8.78 Å². The lowest BCUT2D eigenvalue weighted by Crippen LogP contribution is -1.98. The van der Waals surface area contributed by atoms with Crippen LogP contribution in [0.4, 0.5) is 8.78 Å². The summed E-state index contributed by atoms with van der Waals surface area (Å²) in [4.78, 5) is 0. The SMILES string of the molecule is Fc1cc(Cl)c(C(Cl)c2cc(Br)ccc2Br)cc1F. The average Bonchev–Trinajstić information content (AvgIpc) is 2.36. The van der Waals surface area contributed by atoms with Crippen molar-refractivity contribution in [2.75, 3.05) is 0 Å². The molecule has 0 bridgehead atoms. The van der Waals surface area contributed by atoms with Gasteiger partial charge in [0.2, 0.25) is 0 Å². The lowest BCUT2D eigenvalue weighted by atomic mass is 10.0. The summed E-state index contributed by atoms with van der Waals surface area (Å²) in [7, 11) is 0. The predicted octanol–water partition coefficient (Wildman–Crippen LogP) is 6.47. The zero-order valence-electron chi connectivity index (χ0n) is 9.23. The molecule has 0 heterocycles. The molecule has 1 unspecified atom stereocenters. The summed E-state index contributed by atoms with van der Waals surface area (Å²) in [5.41, 5.74) is 1.03. The molecule has 0 aliphatic carbocycles. The third-order valence-corrected chi connectivity index (χ3v) is 4.56. The van der Waals surface area contributed by atoms with Crippen LogP contribution in [0, 0.1) is 11.6 Å². The standard InChI is InChI=1S/C13H6Br2Cl2F2/c14-6-1-2-9(15)7(3-6)13(17)8-4-11(18)12(19)5-10(8)16/h1-5,13H. The first-order chi connectivity index (χ1) is 8.90. The lowest BCUT2D eigenvalue weighted by Gasteiger charge is -2.14. The number of benzene rings is 2. The van der Waals surface area contributed by atoms with Crippen LogP contribution in [0.25, 0.3) is 0 Å². The van der Waals surface area contributed by atoms with Gasteiger partial charge < -0.3 is 0 Å². The number of alkyl halides is 1. The molecule has 2 aromatic rings. The van der Waals surface area contributed by atoms with Crippen molar-refractivity contribution in [2.45, 2.75) is 5.38 Å². The first-order valence-electron chi connectivity index (χ1n) is 5.13. The van der Waals surface area contributed by atoms with Crippen LogP contribution in [-0.2, 0) is 0 Å². The van der Waals surface area contributed by atoms with E-state index in [4.69, 9.17) is 23.2 Å². The van der Waals surface area contributed by atoms with Crippen molar-refractivity contribution in [3.63, 3.8) is 0 Å². The number of halogens is 6. The zero-order chi connectivity index (χ0) is 14.2. The second kappa shape index (κ2) is 6.08. The van der Waals surface area contributed by atoms with Gasteiger partial charge in [0.15, 0.2) is 11.6 Å². The number of hydrogen-bond acceptors (Lipinski definition) is 0. The lowest BCUT2D eigenvalue weighted by molar-refractivity contribution is 0.507. The molecule has 0 fully saturated rings. The van der Waals surface area contributed by atoms with Crippen LogP contribution >= 0.6 is 55.1 Å². The maximum Gasteiger partial charge on any atom is 0.160 e. The van der Waals surface area contributed by atoms with E-state index < -0.39 is 17.0 Å².